The van der Waals surface area contributed by atoms with Crippen molar-refractivity contribution in [1.29, 1.82) is 0 Å². The topological polar surface area (TPSA) is 78.3 Å². The van der Waals surface area contributed by atoms with Crippen LogP contribution in [0.4, 0.5) is 5.82 Å². The second kappa shape index (κ2) is 8.63. The Morgan fingerprint density at radius 3 is 2.65 bits per heavy atom. The van der Waals surface area contributed by atoms with E-state index in [1.807, 2.05) is 35.9 Å². The maximum Gasteiger partial charge on any atom is 0.257 e. The molecule has 1 amide bonds. The summed E-state index contributed by atoms with van der Waals surface area (Å²) in [6, 6.07) is 13.2. The number of aromatic nitrogens is 3. The number of hydrogen-bond donors (Lipinski definition) is 1. The highest BCUT2D eigenvalue weighted by Gasteiger charge is 2.18. The molecule has 0 unspecified atom stereocenters. The summed E-state index contributed by atoms with van der Waals surface area (Å²) in [4.78, 5) is 17.9. The van der Waals surface area contributed by atoms with Crippen molar-refractivity contribution in [2.45, 2.75) is 33.2 Å². The number of amides is 1. The van der Waals surface area contributed by atoms with Crippen LogP contribution in [0.3, 0.4) is 0 Å². The van der Waals surface area contributed by atoms with Gasteiger partial charge in [0.1, 0.15) is 0 Å². The van der Waals surface area contributed by atoms with Gasteiger partial charge in [-0.3, -0.25) is 4.79 Å². The molecule has 7 nitrogen and oxygen atoms in total. The summed E-state index contributed by atoms with van der Waals surface area (Å²) in [5, 5.41) is 9.49. The number of nitrogens with one attached hydrogen (secondary N) is 1. The Morgan fingerprint density at radius 1 is 1.10 bits per heavy atom. The second-order valence-corrected chi connectivity index (χ2v) is 7.46. The van der Waals surface area contributed by atoms with E-state index >= 15 is 0 Å². The summed E-state index contributed by atoms with van der Waals surface area (Å²) >= 11 is 0. The lowest BCUT2D eigenvalue weighted by molar-refractivity contribution is 0.102. The summed E-state index contributed by atoms with van der Waals surface area (Å²) in [7, 11) is 3.10. The lowest BCUT2D eigenvalue weighted by Crippen LogP contribution is -2.13. The average molecular weight is 418 g/mol. The van der Waals surface area contributed by atoms with Gasteiger partial charge in [-0.15, -0.1) is 0 Å². The lowest BCUT2D eigenvalue weighted by atomic mass is 10.1. The fourth-order valence-electron chi connectivity index (χ4n) is 3.64. The fraction of sp³-hybridized carbons (Fsp3) is 0.292. The predicted molar refractivity (Wildman–Crippen MR) is 122 cm³/mol. The van der Waals surface area contributed by atoms with Crippen LogP contribution in [-0.4, -0.2) is 34.9 Å². The first kappa shape index (κ1) is 20.7. The first-order valence-electron chi connectivity index (χ1n) is 10.4. The highest BCUT2D eigenvalue weighted by Crippen LogP contribution is 2.30. The van der Waals surface area contributed by atoms with Gasteiger partial charge in [0.05, 0.1) is 25.1 Å². The van der Waals surface area contributed by atoms with Crippen LogP contribution in [0.15, 0.2) is 42.5 Å². The van der Waals surface area contributed by atoms with Crippen molar-refractivity contribution in [3.8, 4) is 11.5 Å². The Morgan fingerprint density at radius 2 is 1.90 bits per heavy atom. The minimum absolute atomic E-state index is 0.271. The van der Waals surface area contributed by atoms with Gasteiger partial charge in [0.15, 0.2) is 23.0 Å². The normalized spacial score (nSPS) is 11.1. The number of para-hydroxylation sites is 1. The third-order valence-corrected chi connectivity index (χ3v) is 5.35. The number of unbranched alkanes of at least 4 members (excludes halogenated alkanes) is 1. The zero-order chi connectivity index (χ0) is 22.0. The van der Waals surface area contributed by atoms with Crippen LogP contribution in [0.2, 0.25) is 0 Å². The van der Waals surface area contributed by atoms with Crippen LogP contribution < -0.4 is 14.8 Å². The summed E-state index contributed by atoms with van der Waals surface area (Å²) in [6.45, 7) is 4.93. The van der Waals surface area contributed by atoms with Gasteiger partial charge >= 0.3 is 0 Å². The van der Waals surface area contributed by atoms with Gasteiger partial charge in [-0.25, -0.2) is 9.67 Å². The summed E-state index contributed by atoms with van der Waals surface area (Å²) < 4.78 is 12.5. The van der Waals surface area contributed by atoms with Gasteiger partial charge in [-0.2, -0.15) is 5.10 Å². The van der Waals surface area contributed by atoms with Crippen molar-refractivity contribution in [2.24, 2.45) is 0 Å². The molecule has 2 heterocycles. The molecule has 0 saturated heterocycles. The number of nitrogens with zero attached hydrogens (tertiary/aromatic N) is 3. The molecule has 160 valence electrons. The number of fused-ring (bicyclic) bond motifs is 2. The minimum atomic E-state index is -0.271. The molecule has 0 aliphatic rings. The van der Waals surface area contributed by atoms with Gasteiger partial charge in [-0.1, -0.05) is 31.5 Å². The summed E-state index contributed by atoms with van der Waals surface area (Å²) in [6.07, 6.45) is 2.02. The third kappa shape index (κ3) is 3.91. The number of rotatable bonds is 7. The van der Waals surface area contributed by atoms with E-state index in [-0.39, 0.29) is 5.91 Å². The number of methoxy groups -OCH3 is 2. The highest BCUT2D eigenvalue weighted by atomic mass is 16.5. The van der Waals surface area contributed by atoms with Crippen LogP contribution in [-0.2, 0) is 6.54 Å². The van der Waals surface area contributed by atoms with E-state index < -0.39 is 0 Å². The van der Waals surface area contributed by atoms with E-state index in [1.165, 1.54) is 0 Å². The molecule has 2 aromatic carbocycles. The molecule has 31 heavy (non-hydrogen) atoms. The van der Waals surface area contributed by atoms with E-state index in [0.29, 0.717) is 22.9 Å². The number of aryl methyl sites for hydroxylation is 2. The van der Waals surface area contributed by atoms with Crippen molar-refractivity contribution in [3.05, 3.63) is 53.6 Å². The quantitative estimate of drug-likeness (QED) is 0.459. The molecule has 0 radical (unpaired) electrons. The summed E-state index contributed by atoms with van der Waals surface area (Å²) in [5.74, 6) is 1.30. The van der Waals surface area contributed by atoms with Gasteiger partial charge in [0, 0.05) is 17.5 Å². The van der Waals surface area contributed by atoms with Gasteiger partial charge in [-0.05, 0) is 43.2 Å². The first-order chi connectivity index (χ1) is 15.0. The lowest BCUT2D eigenvalue weighted by Gasteiger charge is -2.09. The molecular formula is C24H26N4O3. The number of carbonyl (C=O) groups is 1. The van der Waals surface area contributed by atoms with Gasteiger partial charge in [0.2, 0.25) is 0 Å². The molecule has 0 spiro atoms. The Hall–Kier alpha value is -3.61. The third-order valence-electron chi connectivity index (χ3n) is 5.35. The Balaban J connectivity index is 1.77. The van der Waals surface area contributed by atoms with Crippen molar-refractivity contribution < 1.29 is 14.3 Å². The van der Waals surface area contributed by atoms with Crippen molar-refractivity contribution in [3.63, 3.8) is 0 Å². The van der Waals surface area contributed by atoms with E-state index in [0.717, 1.165) is 46.9 Å². The molecule has 4 rings (SSSR count). The Bertz CT molecular complexity index is 1260. The average Bonchev–Trinajstić information content (AvgIpc) is 3.12. The number of hydrogen-bond acceptors (Lipinski definition) is 5. The van der Waals surface area contributed by atoms with Crippen molar-refractivity contribution >= 4 is 33.7 Å². The monoisotopic (exact) mass is 418 g/mol. The smallest absolute Gasteiger partial charge is 0.257 e. The molecule has 0 atom stereocenters. The number of pyridine rings is 1. The Kier molecular flexibility index (Phi) is 5.75. The number of ether oxygens (including phenoxy) is 2. The molecule has 0 bridgehead atoms. The molecule has 0 saturated carbocycles. The zero-order valence-corrected chi connectivity index (χ0v) is 18.2. The van der Waals surface area contributed by atoms with Crippen LogP contribution in [0, 0.1) is 6.92 Å². The van der Waals surface area contributed by atoms with Gasteiger partial charge in [0.25, 0.3) is 5.91 Å². The maximum absolute atomic E-state index is 13.0. The first-order valence-corrected chi connectivity index (χ1v) is 10.4. The molecule has 0 fully saturated rings. The van der Waals surface area contributed by atoms with Crippen LogP contribution in [0.1, 0.15) is 35.7 Å². The van der Waals surface area contributed by atoms with Crippen molar-refractivity contribution in [1.82, 2.24) is 14.8 Å². The maximum atomic E-state index is 13.0. The fourth-order valence-corrected chi connectivity index (χ4v) is 3.64. The molecular weight excluding hydrogens is 392 g/mol. The van der Waals surface area contributed by atoms with Crippen LogP contribution in [0.25, 0.3) is 21.9 Å². The largest absolute Gasteiger partial charge is 0.493 e. The molecule has 7 heteroatoms. The molecule has 0 aliphatic heterocycles. The van der Waals surface area contributed by atoms with E-state index in [4.69, 9.17) is 14.5 Å². The van der Waals surface area contributed by atoms with E-state index in [2.05, 4.69) is 17.3 Å². The minimum Gasteiger partial charge on any atom is -0.493 e. The van der Waals surface area contributed by atoms with E-state index in [9.17, 15) is 4.79 Å². The van der Waals surface area contributed by atoms with Crippen LogP contribution >= 0.6 is 0 Å². The second-order valence-electron chi connectivity index (χ2n) is 7.46. The number of benzene rings is 2. The zero-order valence-electron chi connectivity index (χ0n) is 18.2. The highest BCUT2D eigenvalue weighted by molar-refractivity contribution is 6.09. The SMILES string of the molecule is CCCCn1nc(NC(=O)c2ccc(OC)c(OC)c2)c2cc3cccc(C)c3nc21. The van der Waals surface area contributed by atoms with E-state index in [1.54, 1.807) is 32.4 Å². The van der Waals surface area contributed by atoms with Crippen molar-refractivity contribution in [2.75, 3.05) is 19.5 Å². The standard InChI is InChI=1S/C24H26N4O3/c1-5-6-12-28-23-18(13-16-9-7-8-15(2)21(16)25-23)22(27-28)26-24(29)17-10-11-19(30-3)20(14-17)31-4/h7-11,13-14H,5-6,12H2,1-4H3,(H,26,27,29). The molecule has 1 N–H and O–H groups in total. The Labute approximate surface area is 181 Å². The number of anilines is 1. The van der Waals surface area contributed by atoms with Gasteiger partial charge < -0.3 is 14.8 Å². The predicted octanol–water partition coefficient (Wildman–Crippen LogP) is 4.96. The summed E-state index contributed by atoms with van der Waals surface area (Å²) in [5.41, 5.74) is 3.29. The molecule has 4 aromatic rings. The molecule has 2 aromatic heterocycles. The molecule has 0 aliphatic carbocycles. The van der Waals surface area contributed by atoms with Crippen LogP contribution in [0.5, 0.6) is 11.5 Å². The number of carbonyl (C=O) groups excluding carboxylic acids is 1.